The summed E-state index contributed by atoms with van der Waals surface area (Å²) in [6.45, 7) is 7.77. The van der Waals surface area contributed by atoms with Crippen molar-refractivity contribution in [1.82, 2.24) is 4.90 Å². The van der Waals surface area contributed by atoms with Crippen LogP contribution in [0.1, 0.15) is 40.5 Å². The molecule has 5 heteroatoms. The predicted molar refractivity (Wildman–Crippen MR) is 64.8 cm³/mol. The second kappa shape index (κ2) is 8.06. The molecule has 0 saturated heterocycles. The Morgan fingerprint density at radius 3 is 2.24 bits per heavy atom. The van der Waals surface area contributed by atoms with E-state index in [1.807, 2.05) is 20.8 Å². The molecule has 100 valence electrons. The Balaban J connectivity index is 4.68. The van der Waals surface area contributed by atoms with Gasteiger partial charge in [-0.25, -0.2) is 0 Å². The fraction of sp³-hybridized carbons (Fsp3) is 0.833. The molecule has 0 bridgehead atoms. The largest absolute Gasteiger partial charge is 0.480 e. The first-order valence-corrected chi connectivity index (χ1v) is 6.08. The van der Waals surface area contributed by atoms with Crippen LogP contribution in [0.15, 0.2) is 0 Å². The molecule has 0 aromatic heterocycles. The van der Waals surface area contributed by atoms with E-state index in [0.717, 1.165) is 6.42 Å². The molecule has 0 radical (unpaired) electrons. The van der Waals surface area contributed by atoms with E-state index < -0.39 is 12.0 Å². The zero-order valence-corrected chi connectivity index (χ0v) is 11.1. The third-order valence-electron chi connectivity index (χ3n) is 2.53. The van der Waals surface area contributed by atoms with Gasteiger partial charge in [0.1, 0.15) is 6.04 Å². The maximum Gasteiger partial charge on any atom is 0.320 e. The lowest BCUT2D eigenvalue weighted by molar-refractivity contribution is -0.150. The summed E-state index contributed by atoms with van der Waals surface area (Å²) < 4.78 is 4.86. The number of hydrogen-bond acceptors (Lipinski definition) is 4. The molecule has 0 amide bonds. The van der Waals surface area contributed by atoms with Gasteiger partial charge in [0.15, 0.2) is 0 Å². The highest BCUT2D eigenvalue weighted by Crippen LogP contribution is 2.11. The molecule has 17 heavy (non-hydrogen) atoms. The normalized spacial score (nSPS) is 12.8. The van der Waals surface area contributed by atoms with Gasteiger partial charge in [0, 0.05) is 6.04 Å². The standard InChI is InChI=1S/C12H23NO4/c1-5-7-10(12(15)16)13(9(3)4)8-11(14)17-6-2/h9-10H,5-8H2,1-4H3,(H,15,16). The molecule has 0 aliphatic rings. The van der Waals surface area contributed by atoms with Gasteiger partial charge in [-0.15, -0.1) is 0 Å². The molecular weight excluding hydrogens is 222 g/mol. The van der Waals surface area contributed by atoms with Crippen molar-refractivity contribution < 1.29 is 19.4 Å². The monoisotopic (exact) mass is 245 g/mol. The van der Waals surface area contributed by atoms with Crippen LogP contribution >= 0.6 is 0 Å². The van der Waals surface area contributed by atoms with Crippen molar-refractivity contribution in [3.63, 3.8) is 0 Å². The number of carboxylic acid groups (broad SMARTS) is 1. The van der Waals surface area contributed by atoms with Crippen molar-refractivity contribution >= 4 is 11.9 Å². The van der Waals surface area contributed by atoms with Crippen molar-refractivity contribution in [3.8, 4) is 0 Å². The summed E-state index contributed by atoms with van der Waals surface area (Å²) in [5.74, 6) is -1.26. The number of nitrogens with zero attached hydrogens (tertiary/aromatic N) is 1. The maximum absolute atomic E-state index is 11.4. The zero-order valence-electron chi connectivity index (χ0n) is 11.1. The zero-order chi connectivity index (χ0) is 13.4. The Morgan fingerprint density at radius 1 is 1.29 bits per heavy atom. The third-order valence-corrected chi connectivity index (χ3v) is 2.53. The van der Waals surface area contributed by atoms with Gasteiger partial charge in [0.2, 0.25) is 0 Å². The van der Waals surface area contributed by atoms with Crippen LogP contribution in [0.2, 0.25) is 0 Å². The molecule has 1 unspecified atom stereocenters. The van der Waals surface area contributed by atoms with Gasteiger partial charge in [-0.05, 0) is 27.2 Å². The van der Waals surface area contributed by atoms with Crippen LogP contribution < -0.4 is 0 Å². The molecule has 0 saturated carbocycles. The number of rotatable bonds is 8. The first kappa shape index (κ1) is 15.9. The van der Waals surface area contributed by atoms with E-state index >= 15 is 0 Å². The quantitative estimate of drug-likeness (QED) is 0.657. The summed E-state index contributed by atoms with van der Waals surface area (Å²) in [4.78, 5) is 24.3. The van der Waals surface area contributed by atoms with E-state index in [9.17, 15) is 14.7 Å². The molecule has 0 fully saturated rings. The minimum atomic E-state index is -0.884. The number of carbonyl (C=O) groups excluding carboxylic acids is 1. The number of esters is 1. The topological polar surface area (TPSA) is 66.8 Å². The van der Waals surface area contributed by atoms with Gasteiger partial charge in [-0.2, -0.15) is 0 Å². The molecule has 0 spiro atoms. The molecule has 0 rings (SSSR count). The summed E-state index contributed by atoms with van der Waals surface area (Å²) >= 11 is 0. The average Bonchev–Trinajstić information content (AvgIpc) is 2.22. The lowest BCUT2D eigenvalue weighted by atomic mass is 10.1. The van der Waals surface area contributed by atoms with Crippen LogP contribution in [0, 0.1) is 0 Å². The van der Waals surface area contributed by atoms with E-state index in [4.69, 9.17) is 4.74 Å². The van der Waals surface area contributed by atoms with Crippen LogP contribution in [-0.4, -0.2) is 47.2 Å². The Hall–Kier alpha value is -1.10. The van der Waals surface area contributed by atoms with Gasteiger partial charge in [-0.3, -0.25) is 14.5 Å². The Kier molecular flexibility index (Phi) is 7.54. The minimum absolute atomic E-state index is 0.00736. The fourth-order valence-electron chi connectivity index (χ4n) is 1.71. The molecule has 1 N–H and O–H groups in total. The van der Waals surface area contributed by atoms with Crippen LogP contribution in [0.5, 0.6) is 0 Å². The molecule has 5 nitrogen and oxygen atoms in total. The highest BCUT2D eigenvalue weighted by Gasteiger charge is 2.28. The number of carboxylic acids is 1. The third kappa shape index (κ3) is 5.68. The molecule has 1 atom stereocenters. The second-order valence-corrected chi connectivity index (χ2v) is 4.21. The second-order valence-electron chi connectivity index (χ2n) is 4.21. The van der Waals surface area contributed by atoms with Gasteiger partial charge in [0.25, 0.3) is 0 Å². The fourth-order valence-corrected chi connectivity index (χ4v) is 1.71. The molecule has 0 aliphatic heterocycles. The number of aliphatic carboxylic acids is 1. The molecule has 0 heterocycles. The lowest BCUT2D eigenvalue weighted by Gasteiger charge is -2.31. The first-order chi connectivity index (χ1) is 7.93. The van der Waals surface area contributed by atoms with E-state index in [1.165, 1.54) is 0 Å². The smallest absolute Gasteiger partial charge is 0.320 e. The van der Waals surface area contributed by atoms with Crippen LogP contribution in [-0.2, 0) is 14.3 Å². The first-order valence-electron chi connectivity index (χ1n) is 6.08. The van der Waals surface area contributed by atoms with Gasteiger partial charge >= 0.3 is 11.9 Å². The summed E-state index contributed by atoms with van der Waals surface area (Å²) in [5.41, 5.74) is 0. The van der Waals surface area contributed by atoms with Crippen molar-refractivity contribution in [1.29, 1.82) is 0 Å². The Labute approximate surface area is 103 Å². The van der Waals surface area contributed by atoms with E-state index in [2.05, 4.69) is 0 Å². The number of hydrogen-bond donors (Lipinski definition) is 1. The molecular formula is C12H23NO4. The van der Waals surface area contributed by atoms with Crippen molar-refractivity contribution in [2.24, 2.45) is 0 Å². The SMILES string of the molecule is CCCC(C(=O)O)N(CC(=O)OCC)C(C)C. The predicted octanol–water partition coefficient (Wildman–Crippen LogP) is 1.51. The summed E-state index contributed by atoms with van der Waals surface area (Å²) in [6.07, 6.45) is 1.30. The molecule has 0 aliphatic carbocycles. The van der Waals surface area contributed by atoms with Gasteiger partial charge in [-0.1, -0.05) is 13.3 Å². The highest BCUT2D eigenvalue weighted by molar-refractivity contribution is 5.76. The Bertz CT molecular complexity index is 253. The summed E-state index contributed by atoms with van der Waals surface area (Å²) in [7, 11) is 0. The van der Waals surface area contributed by atoms with Crippen LogP contribution in [0.3, 0.4) is 0 Å². The molecule has 0 aromatic rings. The van der Waals surface area contributed by atoms with Gasteiger partial charge in [0.05, 0.1) is 13.2 Å². The minimum Gasteiger partial charge on any atom is -0.480 e. The summed E-state index contributed by atoms with van der Waals surface area (Å²) in [6, 6.07) is -0.628. The van der Waals surface area contributed by atoms with E-state index in [-0.39, 0.29) is 18.6 Å². The summed E-state index contributed by atoms with van der Waals surface area (Å²) in [5, 5.41) is 9.17. The average molecular weight is 245 g/mol. The van der Waals surface area contributed by atoms with Crippen molar-refractivity contribution in [2.75, 3.05) is 13.2 Å². The number of ether oxygens (including phenoxy) is 1. The number of carbonyl (C=O) groups is 2. The van der Waals surface area contributed by atoms with Crippen molar-refractivity contribution in [2.45, 2.75) is 52.6 Å². The lowest BCUT2D eigenvalue weighted by Crippen LogP contribution is -2.48. The van der Waals surface area contributed by atoms with Gasteiger partial charge < -0.3 is 9.84 Å². The highest BCUT2D eigenvalue weighted by atomic mass is 16.5. The van der Waals surface area contributed by atoms with Crippen LogP contribution in [0.4, 0.5) is 0 Å². The Morgan fingerprint density at radius 2 is 1.88 bits per heavy atom. The molecule has 0 aromatic carbocycles. The van der Waals surface area contributed by atoms with E-state index in [1.54, 1.807) is 11.8 Å². The van der Waals surface area contributed by atoms with E-state index in [0.29, 0.717) is 13.0 Å². The van der Waals surface area contributed by atoms with Crippen molar-refractivity contribution in [3.05, 3.63) is 0 Å². The maximum atomic E-state index is 11.4. The van der Waals surface area contributed by atoms with Crippen LogP contribution in [0.25, 0.3) is 0 Å².